The van der Waals surface area contributed by atoms with Gasteiger partial charge in [-0.15, -0.1) is 0 Å². The smallest absolute Gasteiger partial charge is 0.311 e. The molecule has 1 aliphatic heterocycles. The minimum Gasteiger partial charge on any atom is -0.481 e. The highest BCUT2D eigenvalue weighted by atomic mass is 35.5. The Labute approximate surface area is 166 Å². The molecule has 2 aliphatic rings. The van der Waals surface area contributed by atoms with Crippen LogP contribution in [0.5, 0.6) is 0 Å². The van der Waals surface area contributed by atoms with Crippen LogP contribution in [0.15, 0.2) is 30.5 Å². The summed E-state index contributed by atoms with van der Waals surface area (Å²) in [5.74, 6) is -3.93. The van der Waals surface area contributed by atoms with Crippen molar-refractivity contribution >= 4 is 28.9 Å². The number of anilines is 2. The van der Waals surface area contributed by atoms with Crippen LogP contribution in [0.1, 0.15) is 37.7 Å². The van der Waals surface area contributed by atoms with Gasteiger partial charge in [0.15, 0.2) is 11.6 Å². The van der Waals surface area contributed by atoms with Crippen molar-refractivity contribution in [3.8, 4) is 0 Å². The van der Waals surface area contributed by atoms with E-state index in [0.717, 1.165) is 44.2 Å². The fraction of sp³-hybridized carbons (Fsp3) is 0.400. The maximum absolute atomic E-state index is 13.8. The van der Waals surface area contributed by atoms with Gasteiger partial charge in [-0.1, -0.05) is 36.9 Å². The lowest BCUT2D eigenvalue weighted by atomic mass is 9.72. The van der Waals surface area contributed by atoms with Crippen molar-refractivity contribution in [3.63, 3.8) is 0 Å². The SMILES string of the molecule is O=C(O)C(C1CCCCC1)C1(c2ccc(Cl)nc2)Nc2cc(F)c(F)cc2N1. The molecular formula is C20H20ClF2N3O2. The quantitative estimate of drug-likeness (QED) is 0.623. The van der Waals surface area contributed by atoms with E-state index in [1.165, 1.54) is 6.20 Å². The summed E-state index contributed by atoms with van der Waals surface area (Å²) in [5, 5.41) is 16.8. The molecular weight excluding hydrogens is 388 g/mol. The molecule has 5 nitrogen and oxygen atoms in total. The highest BCUT2D eigenvalue weighted by Gasteiger charge is 2.52. The number of hydrogen-bond donors (Lipinski definition) is 3. The van der Waals surface area contributed by atoms with E-state index in [4.69, 9.17) is 11.6 Å². The number of carbonyl (C=O) groups is 1. The van der Waals surface area contributed by atoms with Crippen LogP contribution in [0.4, 0.5) is 20.2 Å². The number of nitrogens with one attached hydrogen (secondary N) is 2. The molecule has 148 valence electrons. The number of rotatable bonds is 4. The number of pyridine rings is 1. The second-order valence-electron chi connectivity index (χ2n) is 7.45. The molecule has 1 aromatic carbocycles. The molecule has 28 heavy (non-hydrogen) atoms. The third kappa shape index (κ3) is 3.17. The van der Waals surface area contributed by atoms with Crippen LogP contribution in [-0.4, -0.2) is 16.1 Å². The molecule has 1 atom stereocenters. The van der Waals surface area contributed by atoms with Gasteiger partial charge in [0.2, 0.25) is 0 Å². The Morgan fingerprint density at radius 1 is 1.14 bits per heavy atom. The van der Waals surface area contributed by atoms with Gasteiger partial charge < -0.3 is 15.7 Å². The lowest BCUT2D eigenvalue weighted by molar-refractivity contribution is -0.146. The van der Waals surface area contributed by atoms with E-state index in [1.54, 1.807) is 12.1 Å². The number of hydrogen-bond acceptors (Lipinski definition) is 4. The van der Waals surface area contributed by atoms with Gasteiger partial charge in [-0.25, -0.2) is 13.8 Å². The van der Waals surface area contributed by atoms with Crippen molar-refractivity contribution in [2.75, 3.05) is 10.6 Å². The lowest BCUT2D eigenvalue weighted by Crippen LogP contribution is -2.52. The van der Waals surface area contributed by atoms with Crippen LogP contribution < -0.4 is 10.6 Å². The molecule has 0 spiro atoms. The number of aromatic nitrogens is 1. The summed E-state index contributed by atoms with van der Waals surface area (Å²) >= 11 is 5.92. The van der Waals surface area contributed by atoms with Crippen LogP contribution in [0.2, 0.25) is 5.15 Å². The Bertz CT molecular complexity index is 870. The molecule has 1 saturated carbocycles. The first kappa shape index (κ1) is 18.9. The van der Waals surface area contributed by atoms with Gasteiger partial charge in [0.1, 0.15) is 16.7 Å². The molecule has 8 heteroatoms. The average molecular weight is 408 g/mol. The minimum atomic E-state index is -1.28. The Morgan fingerprint density at radius 2 is 1.75 bits per heavy atom. The lowest BCUT2D eigenvalue weighted by Gasteiger charge is -2.41. The minimum absolute atomic E-state index is 0.0917. The van der Waals surface area contributed by atoms with E-state index in [-0.39, 0.29) is 11.1 Å². The number of benzene rings is 1. The predicted octanol–water partition coefficient (Wildman–Crippen LogP) is 4.98. The molecule has 0 amide bonds. The number of aliphatic carboxylic acids is 1. The number of carboxylic acid groups (broad SMARTS) is 1. The van der Waals surface area contributed by atoms with Crippen molar-refractivity contribution in [1.29, 1.82) is 0 Å². The average Bonchev–Trinajstić information content (AvgIpc) is 3.02. The molecule has 1 fully saturated rings. The van der Waals surface area contributed by atoms with E-state index in [1.807, 2.05) is 0 Å². The molecule has 2 heterocycles. The van der Waals surface area contributed by atoms with Gasteiger partial charge >= 0.3 is 5.97 Å². The monoisotopic (exact) mass is 407 g/mol. The van der Waals surface area contributed by atoms with Crippen LogP contribution >= 0.6 is 11.6 Å². The van der Waals surface area contributed by atoms with Crippen LogP contribution in [0.25, 0.3) is 0 Å². The van der Waals surface area contributed by atoms with Crippen LogP contribution in [0, 0.1) is 23.5 Å². The molecule has 0 saturated heterocycles. The van der Waals surface area contributed by atoms with Gasteiger partial charge in [-0.05, 0) is 24.8 Å². The Hall–Kier alpha value is -2.41. The van der Waals surface area contributed by atoms with Crippen molar-refractivity contribution in [2.45, 2.75) is 37.8 Å². The molecule has 4 rings (SSSR count). The molecule has 0 bridgehead atoms. The largest absolute Gasteiger partial charge is 0.481 e. The first-order valence-corrected chi connectivity index (χ1v) is 9.69. The molecule has 3 N–H and O–H groups in total. The number of halogens is 3. The van der Waals surface area contributed by atoms with Crippen molar-refractivity contribution in [3.05, 3.63) is 52.8 Å². The summed E-state index contributed by atoms with van der Waals surface area (Å²) < 4.78 is 27.6. The fourth-order valence-corrected chi connectivity index (χ4v) is 4.62. The standard InChI is InChI=1S/C20H20ClF2N3O2/c21-17-7-6-12(10-24-17)20(18(19(27)28)11-4-2-1-3-5-11)25-15-8-13(22)14(23)9-16(15)26-20/h6-11,18,25-26H,1-5H2,(H,27,28). The summed E-state index contributed by atoms with van der Waals surface area (Å²) in [4.78, 5) is 16.5. The van der Waals surface area contributed by atoms with Crippen molar-refractivity contribution in [2.24, 2.45) is 11.8 Å². The van der Waals surface area contributed by atoms with Crippen molar-refractivity contribution < 1.29 is 18.7 Å². The van der Waals surface area contributed by atoms with E-state index < -0.39 is 29.2 Å². The predicted molar refractivity (Wildman–Crippen MR) is 102 cm³/mol. The van der Waals surface area contributed by atoms with E-state index in [9.17, 15) is 18.7 Å². The van der Waals surface area contributed by atoms with E-state index in [0.29, 0.717) is 16.9 Å². The molecule has 1 aliphatic carbocycles. The van der Waals surface area contributed by atoms with Gasteiger partial charge in [-0.2, -0.15) is 0 Å². The Morgan fingerprint density at radius 3 is 2.25 bits per heavy atom. The Kier molecular flexibility index (Phi) is 4.87. The summed E-state index contributed by atoms with van der Waals surface area (Å²) in [6.07, 6.45) is 6.05. The van der Waals surface area contributed by atoms with Crippen LogP contribution in [-0.2, 0) is 10.5 Å². The second-order valence-corrected chi connectivity index (χ2v) is 7.84. The zero-order valence-corrected chi connectivity index (χ0v) is 15.8. The maximum atomic E-state index is 13.8. The molecule has 1 aromatic heterocycles. The topological polar surface area (TPSA) is 74.2 Å². The summed E-state index contributed by atoms with van der Waals surface area (Å²) in [6.45, 7) is 0. The zero-order valence-electron chi connectivity index (χ0n) is 15.0. The Balaban J connectivity index is 1.84. The second kappa shape index (κ2) is 7.20. The van der Waals surface area contributed by atoms with Gasteiger partial charge in [0.05, 0.1) is 11.4 Å². The number of carboxylic acids is 1. The van der Waals surface area contributed by atoms with Gasteiger partial charge in [-0.3, -0.25) is 4.79 Å². The maximum Gasteiger partial charge on any atom is 0.311 e. The normalized spacial score (nSPS) is 19.4. The fourth-order valence-electron chi connectivity index (χ4n) is 4.51. The van der Waals surface area contributed by atoms with Gasteiger partial charge in [0, 0.05) is 23.9 Å². The zero-order chi connectivity index (χ0) is 19.9. The molecule has 0 radical (unpaired) electrons. The third-order valence-corrected chi connectivity index (χ3v) is 5.98. The van der Waals surface area contributed by atoms with Crippen LogP contribution in [0.3, 0.4) is 0 Å². The molecule has 2 aromatic rings. The third-order valence-electron chi connectivity index (χ3n) is 5.76. The van der Waals surface area contributed by atoms with E-state index >= 15 is 0 Å². The summed E-state index contributed by atoms with van der Waals surface area (Å²) in [7, 11) is 0. The summed E-state index contributed by atoms with van der Waals surface area (Å²) in [5.41, 5.74) is -0.104. The highest BCUT2D eigenvalue weighted by molar-refractivity contribution is 6.29. The first-order chi connectivity index (χ1) is 13.4. The number of nitrogens with zero attached hydrogens (tertiary/aromatic N) is 1. The van der Waals surface area contributed by atoms with Crippen molar-refractivity contribution in [1.82, 2.24) is 4.98 Å². The summed E-state index contributed by atoms with van der Waals surface area (Å²) in [6, 6.07) is 5.35. The van der Waals surface area contributed by atoms with Gasteiger partial charge in [0.25, 0.3) is 0 Å². The number of fused-ring (bicyclic) bond motifs is 1. The molecule has 1 unspecified atom stereocenters. The first-order valence-electron chi connectivity index (χ1n) is 9.31. The van der Waals surface area contributed by atoms with E-state index in [2.05, 4.69) is 15.6 Å². The highest BCUT2D eigenvalue weighted by Crippen LogP contribution is 2.49.